The topological polar surface area (TPSA) is 73.9 Å². The molecule has 166 valence electrons. The normalized spacial score (nSPS) is 10.7. The summed E-state index contributed by atoms with van der Waals surface area (Å²) in [5.41, 5.74) is 2.74. The number of anilines is 1. The molecular formula is C25H25NO5S. The van der Waals surface area contributed by atoms with Crippen LogP contribution in [0.25, 0.3) is 17.2 Å². The number of methoxy groups -OCH3 is 1. The highest BCUT2D eigenvalue weighted by Gasteiger charge is 2.22. The molecule has 0 radical (unpaired) electrons. The van der Waals surface area contributed by atoms with E-state index in [1.807, 2.05) is 48.7 Å². The van der Waals surface area contributed by atoms with Crippen LogP contribution >= 0.6 is 11.3 Å². The fraction of sp³-hybridized carbons (Fsp3) is 0.200. The average molecular weight is 452 g/mol. The molecular weight excluding hydrogens is 426 g/mol. The van der Waals surface area contributed by atoms with Gasteiger partial charge in [0.1, 0.15) is 10.6 Å². The maximum Gasteiger partial charge on any atom is 0.341 e. The van der Waals surface area contributed by atoms with Crippen LogP contribution in [0.1, 0.15) is 29.8 Å². The number of carbonyl (C=O) groups excluding carboxylic acids is 2. The monoisotopic (exact) mass is 451 g/mol. The van der Waals surface area contributed by atoms with Gasteiger partial charge in [-0.3, -0.25) is 4.79 Å². The highest BCUT2D eigenvalue weighted by molar-refractivity contribution is 7.15. The Labute approximate surface area is 191 Å². The predicted molar refractivity (Wildman–Crippen MR) is 128 cm³/mol. The smallest absolute Gasteiger partial charge is 0.341 e. The van der Waals surface area contributed by atoms with Gasteiger partial charge in [0.2, 0.25) is 5.91 Å². The van der Waals surface area contributed by atoms with Crippen LogP contribution in [0.5, 0.6) is 11.5 Å². The minimum atomic E-state index is -0.469. The fourth-order valence-electron chi connectivity index (χ4n) is 3.07. The van der Waals surface area contributed by atoms with Gasteiger partial charge < -0.3 is 19.5 Å². The van der Waals surface area contributed by atoms with Crippen LogP contribution < -0.4 is 14.8 Å². The summed E-state index contributed by atoms with van der Waals surface area (Å²) in [6.07, 6.45) is 3.08. The summed E-state index contributed by atoms with van der Waals surface area (Å²) in [7, 11) is 1.57. The van der Waals surface area contributed by atoms with Crippen LogP contribution in [0.15, 0.2) is 60.0 Å². The van der Waals surface area contributed by atoms with Crippen LogP contribution in [0.4, 0.5) is 5.00 Å². The van der Waals surface area contributed by atoms with Gasteiger partial charge in [0.15, 0.2) is 11.5 Å². The molecule has 1 heterocycles. The molecule has 6 nitrogen and oxygen atoms in total. The Morgan fingerprint density at radius 2 is 1.81 bits per heavy atom. The molecule has 0 atom stereocenters. The van der Waals surface area contributed by atoms with Crippen LogP contribution in [0, 0.1) is 0 Å². The fourth-order valence-corrected chi connectivity index (χ4v) is 4.03. The lowest BCUT2D eigenvalue weighted by atomic mass is 10.0. The Hall–Kier alpha value is -3.58. The first-order chi connectivity index (χ1) is 15.6. The molecule has 3 rings (SSSR count). The summed E-state index contributed by atoms with van der Waals surface area (Å²) < 4.78 is 16.1. The van der Waals surface area contributed by atoms with E-state index in [9.17, 15) is 9.59 Å². The van der Waals surface area contributed by atoms with Crippen molar-refractivity contribution in [2.45, 2.75) is 13.8 Å². The molecule has 0 unspecified atom stereocenters. The zero-order valence-corrected chi connectivity index (χ0v) is 19.0. The zero-order chi connectivity index (χ0) is 22.9. The van der Waals surface area contributed by atoms with Crippen molar-refractivity contribution in [3.8, 4) is 22.6 Å². The number of esters is 1. The lowest BCUT2D eigenvalue weighted by Crippen LogP contribution is -2.12. The van der Waals surface area contributed by atoms with Crippen LogP contribution in [0.3, 0.4) is 0 Å². The molecule has 0 saturated carbocycles. The third-order valence-electron chi connectivity index (χ3n) is 4.51. The third kappa shape index (κ3) is 5.56. The van der Waals surface area contributed by atoms with E-state index in [1.165, 1.54) is 17.4 Å². The number of ether oxygens (including phenoxy) is 3. The Morgan fingerprint density at radius 3 is 2.50 bits per heavy atom. The first-order valence-electron chi connectivity index (χ1n) is 10.2. The van der Waals surface area contributed by atoms with Gasteiger partial charge in [0, 0.05) is 17.0 Å². The molecule has 0 aliphatic rings. The van der Waals surface area contributed by atoms with Gasteiger partial charge in [0.05, 0.1) is 20.3 Å². The minimum absolute atomic E-state index is 0.246. The van der Waals surface area contributed by atoms with Gasteiger partial charge in [-0.2, -0.15) is 0 Å². The molecule has 0 aliphatic carbocycles. The van der Waals surface area contributed by atoms with E-state index < -0.39 is 5.97 Å². The van der Waals surface area contributed by atoms with E-state index in [0.29, 0.717) is 28.7 Å². The van der Waals surface area contributed by atoms with Crippen molar-refractivity contribution in [1.29, 1.82) is 0 Å². The molecule has 1 N–H and O–H groups in total. The van der Waals surface area contributed by atoms with Crippen LogP contribution in [-0.4, -0.2) is 32.2 Å². The summed E-state index contributed by atoms with van der Waals surface area (Å²) in [4.78, 5) is 25.2. The molecule has 1 amide bonds. The quantitative estimate of drug-likeness (QED) is 0.336. The molecule has 7 heteroatoms. The van der Waals surface area contributed by atoms with Gasteiger partial charge in [0.25, 0.3) is 0 Å². The molecule has 0 bridgehead atoms. The summed E-state index contributed by atoms with van der Waals surface area (Å²) in [6, 6.07) is 14.9. The molecule has 0 fully saturated rings. The van der Waals surface area contributed by atoms with Gasteiger partial charge >= 0.3 is 5.97 Å². The van der Waals surface area contributed by atoms with E-state index in [4.69, 9.17) is 14.2 Å². The molecule has 2 aromatic carbocycles. The molecule has 1 aromatic heterocycles. The second kappa shape index (κ2) is 11.2. The number of hydrogen-bond donors (Lipinski definition) is 1. The average Bonchev–Trinajstić information content (AvgIpc) is 3.22. The zero-order valence-electron chi connectivity index (χ0n) is 18.2. The highest BCUT2D eigenvalue weighted by atomic mass is 32.1. The van der Waals surface area contributed by atoms with Crippen molar-refractivity contribution in [1.82, 2.24) is 0 Å². The second-order valence-corrected chi connectivity index (χ2v) is 7.49. The Bertz CT molecular complexity index is 1100. The largest absolute Gasteiger partial charge is 0.493 e. The van der Waals surface area contributed by atoms with Crippen LogP contribution in [0.2, 0.25) is 0 Å². The van der Waals surface area contributed by atoms with E-state index in [2.05, 4.69) is 5.32 Å². The Morgan fingerprint density at radius 1 is 1.03 bits per heavy atom. The van der Waals surface area contributed by atoms with Crippen LogP contribution in [-0.2, 0) is 9.53 Å². The maximum atomic E-state index is 12.6. The standard InChI is InChI=1S/C25H25NO5S/c1-4-30-20-13-11-17(15-21(20)29-3)12-14-22(27)26-24-23(25(28)31-5-2)19(16-32-24)18-9-7-6-8-10-18/h6-16H,4-5H2,1-3H3,(H,26,27). The van der Waals surface area contributed by atoms with E-state index in [1.54, 1.807) is 32.2 Å². The van der Waals surface area contributed by atoms with Crippen molar-refractivity contribution < 1.29 is 23.8 Å². The molecule has 0 spiro atoms. The van der Waals surface area contributed by atoms with Gasteiger partial charge in [-0.05, 0) is 43.2 Å². The van der Waals surface area contributed by atoms with Crippen molar-refractivity contribution in [3.63, 3.8) is 0 Å². The third-order valence-corrected chi connectivity index (χ3v) is 5.40. The van der Waals surface area contributed by atoms with E-state index in [0.717, 1.165) is 16.7 Å². The molecule has 32 heavy (non-hydrogen) atoms. The number of carbonyl (C=O) groups is 2. The van der Waals surface area contributed by atoms with E-state index in [-0.39, 0.29) is 12.5 Å². The summed E-state index contributed by atoms with van der Waals surface area (Å²) in [6.45, 7) is 4.42. The predicted octanol–water partition coefficient (Wildman–Crippen LogP) is 5.65. The van der Waals surface area contributed by atoms with Gasteiger partial charge in [-0.25, -0.2) is 4.79 Å². The summed E-state index contributed by atoms with van der Waals surface area (Å²) >= 11 is 1.29. The summed E-state index contributed by atoms with van der Waals surface area (Å²) in [5, 5.41) is 5.10. The lowest BCUT2D eigenvalue weighted by molar-refractivity contribution is -0.111. The SMILES string of the molecule is CCOC(=O)c1c(-c2ccccc2)csc1NC(=O)C=Cc1ccc(OCC)c(OC)c1. The number of amides is 1. The number of nitrogens with one attached hydrogen (secondary N) is 1. The highest BCUT2D eigenvalue weighted by Crippen LogP contribution is 2.36. The summed E-state index contributed by atoms with van der Waals surface area (Å²) in [5.74, 6) is 0.403. The first-order valence-corrected chi connectivity index (χ1v) is 11.1. The minimum Gasteiger partial charge on any atom is -0.493 e. The number of rotatable bonds is 9. The maximum absolute atomic E-state index is 12.6. The number of hydrogen-bond acceptors (Lipinski definition) is 6. The first kappa shape index (κ1) is 23.1. The molecule has 0 aliphatic heterocycles. The second-order valence-electron chi connectivity index (χ2n) is 6.61. The van der Waals surface area contributed by atoms with Crippen molar-refractivity contribution in [3.05, 3.63) is 71.1 Å². The molecule has 0 saturated heterocycles. The Kier molecular flexibility index (Phi) is 8.05. The van der Waals surface area contributed by atoms with Crippen molar-refractivity contribution in [2.24, 2.45) is 0 Å². The number of benzene rings is 2. The van der Waals surface area contributed by atoms with E-state index >= 15 is 0 Å². The van der Waals surface area contributed by atoms with Crippen molar-refractivity contribution >= 4 is 34.3 Å². The number of thiophene rings is 1. The lowest BCUT2D eigenvalue weighted by Gasteiger charge is -2.09. The van der Waals surface area contributed by atoms with Crippen molar-refractivity contribution in [2.75, 3.05) is 25.6 Å². The van der Waals surface area contributed by atoms with Gasteiger partial charge in [-0.15, -0.1) is 11.3 Å². The molecule has 3 aromatic rings. The Balaban J connectivity index is 1.82. The van der Waals surface area contributed by atoms with Gasteiger partial charge in [-0.1, -0.05) is 36.4 Å².